The van der Waals surface area contributed by atoms with Crippen molar-refractivity contribution < 1.29 is 34.8 Å². The minimum Gasteiger partial charge on any atom is -0.322 e. The van der Waals surface area contributed by atoms with Gasteiger partial charge in [0.15, 0.2) is 0 Å². The Balaban J connectivity index is 1.76. The molecular weight excluding hydrogens is 531 g/mol. The Labute approximate surface area is 204 Å². The number of hydrogen-bond acceptors (Lipinski definition) is 5. The van der Waals surface area contributed by atoms with Crippen molar-refractivity contribution in [3.05, 3.63) is 82.9 Å². The number of alkyl halides is 3. The summed E-state index contributed by atoms with van der Waals surface area (Å²) < 4.78 is 90.8. The molecule has 3 aromatic carbocycles. The van der Waals surface area contributed by atoms with E-state index in [1.54, 1.807) is 0 Å². The van der Waals surface area contributed by atoms with Crippen molar-refractivity contribution in [2.45, 2.75) is 11.1 Å². The van der Waals surface area contributed by atoms with Gasteiger partial charge in [-0.1, -0.05) is 17.7 Å². The predicted octanol–water partition coefficient (Wildman–Crippen LogP) is 4.78. The Morgan fingerprint density at radius 1 is 0.829 bits per heavy atom. The molecule has 0 fully saturated rings. The molecule has 0 aliphatic carbocycles. The second kappa shape index (κ2) is 9.76. The zero-order valence-corrected chi connectivity index (χ0v) is 20.1. The summed E-state index contributed by atoms with van der Waals surface area (Å²) in [5.41, 5.74) is -1.02. The van der Waals surface area contributed by atoms with Gasteiger partial charge in [-0.3, -0.25) is 14.2 Å². The summed E-state index contributed by atoms with van der Waals surface area (Å²) in [6.07, 6.45) is -3.69. The van der Waals surface area contributed by atoms with Crippen LogP contribution in [0.2, 0.25) is 5.02 Å². The molecule has 0 unspecified atom stereocenters. The number of carbonyl (C=O) groups is 1. The first-order valence-electron chi connectivity index (χ1n) is 9.53. The first kappa shape index (κ1) is 26.3. The first-order chi connectivity index (χ1) is 16.1. The van der Waals surface area contributed by atoms with Crippen molar-refractivity contribution in [3.8, 4) is 0 Å². The largest absolute Gasteiger partial charge is 0.416 e. The smallest absolute Gasteiger partial charge is 0.322 e. The van der Waals surface area contributed by atoms with E-state index in [0.717, 1.165) is 30.5 Å². The highest BCUT2D eigenvalue weighted by Crippen LogP contribution is 2.31. The van der Waals surface area contributed by atoms with Crippen LogP contribution in [0.5, 0.6) is 0 Å². The average molecular weight is 548 g/mol. The molecule has 35 heavy (non-hydrogen) atoms. The maximum Gasteiger partial charge on any atom is 0.416 e. The van der Waals surface area contributed by atoms with Crippen molar-refractivity contribution in [2.75, 3.05) is 21.0 Å². The lowest BCUT2D eigenvalue weighted by Gasteiger charge is -2.12. The summed E-state index contributed by atoms with van der Waals surface area (Å²) in [4.78, 5) is 12.3. The highest BCUT2D eigenvalue weighted by molar-refractivity contribution is 7.92. The molecule has 3 N–H and O–H groups in total. The molecule has 186 valence electrons. The van der Waals surface area contributed by atoms with E-state index in [2.05, 4.69) is 14.8 Å². The average Bonchev–Trinajstić information content (AvgIpc) is 2.74. The minimum absolute atomic E-state index is 0.0387. The molecule has 0 radical (unpaired) electrons. The van der Waals surface area contributed by atoms with E-state index >= 15 is 0 Å². The fraction of sp³-hybridized carbons (Fsp3) is 0.0952. The van der Waals surface area contributed by atoms with Crippen LogP contribution in [-0.4, -0.2) is 29.0 Å². The Morgan fingerprint density at radius 2 is 1.43 bits per heavy atom. The fourth-order valence-electron chi connectivity index (χ4n) is 2.87. The SMILES string of the molecule is CS(=O)(=O)Nc1ccc(Cl)c(C(=O)Nc2ccc(S(=O)(=O)Nc3cccc(C(F)(F)F)c3)cc2)c1. The summed E-state index contributed by atoms with van der Waals surface area (Å²) in [5.74, 6) is -0.690. The molecule has 0 bridgehead atoms. The van der Waals surface area contributed by atoms with Crippen LogP contribution < -0.4 is 14.8 Å². The number of halogens is 4. The van der Waals surface area contributed by atoms with E-state index in [1.165, 1.54) is 36.4 Å². The molecule has 14 heteroatoms. The normalized spacial score (nSPS) is 12.1. The third-order valence-electron chi connectivity index (χ3n) is 4.38. The lowest BCUT2D eigenvalue weighted by atomic mass is 10.2. The van der Waals surface area contributed by atoms with E-state index in [4.69, 9.17) is 11.6 Å². The molecule has 0 aliphatic heterocycles. The number of carbonyl (C=O) groups excluding carboxylic acids is 1. The number of hydrogen-bond donors (Lipinski definition) is 3. The molecule has 0 heterocycles. The van der Waals surface area contributed by atoms with Gasteiger partial charge < -0.3 is 5.32 Å². The van der Waals surface area contributed by atoms with Crippen molar-refractivity contribution >= 4 is 54.6 Å². The molecular formula is C21H17ClF3N3O5S2. The van der Waals surface area contributed by atoms with Crippen LogP contribution in [0.4, 0.5) is 30.2 Å². The number of rotatable bonds is 7. The van der Waals surface area contributed by atoms with E-state index in [9.17, 15) is 34.8 Å². The quantitative estimate of drug-likeness (QED) is 0.393. The van der Waals surface area contributed by atoms with Crippen molar-refractivity contribution in [2.24, 2.45) is 0 Å². The summed E-state index contributed by atoms with van der Waals surface area (Å²) >= 11 is 6.03. The molecule has 3 aromatic rings. The third-order valence-corrected chi connectivity index (χ3v) is 6.71. The van der Waals surface area contributed by atoms with Crippen molar-refractivity contribution in [1.82, 2.24) is 0 Å². The zero-order chi connectivity index (χ0) is 26.0. The van der Waals surface area contributed by atoms with Gasteiger partial charge in [-0.2, -0.15) is 13.2 Å². The third kappa shape index (κ3) is 7.10. The first-order valence-corrected chi connectivity index (χ1v) is 13.3. The Morgan fingerprint density at radius 3 is 2.03 bits per heavy atom. The highest BCUT2D eigenvalue weighted by Gasteiger charge is 2.30. The van der Waals surface area contributed by atoms with Crippen LogP contribution >= 0.6 is 11.6 Å². The highest BCUT2D eigenvalue weighted by atomic mass is 35.5. The predicted molar refractivity (Wildman–Crippen MR) is 127 cm³/mol. The number of benzene rings is 3. The van der Waals surface area contributed by atoms with Gasteiger partial charge >= 0.3 is 6.18 Å². The maximum absolute atomic E-state index is 12.9. The molecule has 0 aromatic heterocycles. The van der Waals surface area contributed by atoms with E-state index < -0.39 is 37.7 Å². The Hall–Kier alpha value is -3.29. The second-order valence-electron chi connectivity index (χ2n) is 7.23. The zero-order valence-electron chi connectivity index (χ0n) is 17.7. The fourth-order valence-corrected chi connectivity index (χ4v) is 4.67. The van der Waals surface area contributed by atoms with Gasteiger partial charge in [-0.05, 0) is 60.7 Å². The van der Waals surface area contributed by atoms with Crippen LogP contribution in [-0.2, 0) is 26.2 Å². The van der Waals surface area contributed by atoms with E-state index in [0.29, 0.717) is 6.07 Å². The summed E-state index contributed by atoms with van der Waals surface area (Å²) in [6, 6.07) is 12.5. The number of sulfonamides is 2. The topological polar surface area (TPSA) is 121 Å². The number of anilines is 3. The van der Waals surface area contributed by atoms with Crippen LogP contribution in [0.3, 0.4) is 0 Å². The van der Waals surface area contributed by atoms with Crippen molar-refractivity contribution in [1.29, 1.82) is 0 Å². The molecule has 0 atom stereocenters. The molecule has 0 spiro atoms. The second-order valence-corrected chi connectivity index (χ2v) is 11.1. The molecule has 3 rings (SSSR count). The van der Waals surface area contributed by atoms with Gasteiger partial charge in [-0.25, -0.2) is 16.8 Å². The van der Waals surface area contributed by atoms with Gasteiger partial charge in [0.2, 0.25) is 10.0 Å². The van der Waals surface area contributed by atoms with Gasteiger partial charge in [0.1, 0.15) is 0 Å². The molecule has 8 nitrogen and oxygen atoms in total. The van der Waals surface area contributed by atoms with Gasteiger partial charge in [0, 0.05) is 17.1 Å². The van der Waals surface area contributed by atoms with Crippen LogP contribution in [0.1, 0.15) is 15.9 Å². The molecule has 0 saturated heterocycles. The maximum atomic E-state index is 12.9. The van der Waals surface area contributed by atoms with Gasteiger partial charge in [0.25, 0.3) is 15.9 Å². The van der Waals surface area contributed by atoms with Crippen LogP contribution in [0, 0.1) is 0 Å². The van der Waals surface area contributed by atoms with E-state index in [1.807, 2.05) is 0 Å². The van der Waals surface area contributed by atoms with E-state index in [-0.39, 0.29) is 32.5 Å². The summed E-state index contributed by atoms with van der Waals surface area (Å²) in [7, 11) is -7.80. The van der Waals surface area contributed by atoms with Gasteiger partial charge in [0.05, 0.1) is 27.3 Å². The Bertz CT molecular complexity index is 1480. The Kier molecular flexibility index (Phi) is 7.34. The minimum atomic E-state index is -4.63. The summed E-state index contributed by atoms with van der Waals surface area (Å²) in [5, 5.41) is 2.55. The number of nitrogens with one attached hydrogen (secondary N) is 3. The monoisotopic (exact) mass is 547 g/mol. The van der Waals surface area contributed by atoms with Crippen LogP contribution in [0.15, 0.2) is 71.6 Å². The molecule has 1 amide bonds. The van der Waals surface area contributed by atoms with Crippen LogP contribution in [0.25, 0.3) is 0 Å². The molecule has 0 saturated carbocycles. The standard InChI is InChI=1S/C21H17ClF3N3O5S2/c1-34(30,31)27-16-7-10-19(22)18(12-16)20(29)26-14-5-8-17(9-6-14)35(32,33)28-15-4-2-3-13(11-15)21(23,24)25/h2-12,27-28H,1H3,(H,26,29). The lowest BCUT2D eigenvalue weighted by molar-refractivity contribution is -0.137. The van der Waals surface area contributed by atoms with Gasteiger partial charge in [-0.15, -0.1) is 0 Å². The number of amides is 1. The lowest BCUT2D eigenvalue weighted by Crippen LogP contribution is -2.15. The van der Waals surface area contributed by atoms with Crippen molar-refractivity contribution in [3.63, 3.8) is 0 Å². The molecule has 0 aliphatic rings. The summed E-state index contributed by atoms with van der Waals surface area (Å²) in [6.45, 7) is 0.